The molecule has 8 nitrogen and oxygen atoms in total. The predicted molar refractivity (Wildman–Crippen MR) is 82.7 cm³/mol. The molecule has 0 aliphatic carbocycles. The van der Waals surface area contributed by atoms with Gasteiger partial charge in [0.15, 0.2) is 5.76 Å². The maximum absolute atomic E-state index is 12.4. The van der Waals surface area contributed by atoms with E-state index in [0.29, 0.717) is 0 Å². The molecular weight excluding hydrogens is 324 g/mol. The van der Waals surface area contributed by atoms with Crippen molar-refractivity contribution in [3.63, 3.8) is 0 Å². The number of amides is 1. The SMILES string of the molecule is Cc1oc(C(=O)N(CC(=O)O)CC(C)C)cc1S(=O)(=O)N(C)C. The molecule has 0 saturated heterocycles. The highest BCUT2D eigenvalue weighted by Gasteiger charge is 2.28. The summed E-state index contributed by atoms with van der Waals surface area (Å²) in [7, 11) is -0.992. The van der Waals surface area contributed by atoms with Crippen molar-refractivity contribution >= 4 is 21.9 Å². The molecular formula is C14H22N2O6S. The Morgan fingerprint density at radius 1 is 1.30 bits per heavy atom. The minimum atomic E-state index is -3.74. The van der Waals surface area contributed by atoms with E-state index in [4.69, 9.17) is 9.52 Å². The fraction of sp³-hybridized carbons (Fsp3) is 0.571. The van der Waals surface area contributed by atoms with Crippen LogP contribution in [0.1, 0.15) is 30.2 Å². The Morgan fingerprint density at radius 3 is 2.30 bits per heavy atom. The highest BCUT2D eigenvalue weighted by Crippen LogP contribution is 2.23. The smallest absolute Gasteiger partial charge is 0.323 e. The molecule has 0 fully saturated rings. The summed E-state index contributed by atoms with van der Waals surface area (Å²) in [5, 5.41) is 8.93. The number of carboxylic acids is 1. The van der Waals surface area contributed by atoms with Crippen LogP contribution in [0.25, 0.3) is 0 Å². The second-order valence-corrected chi connectivity index (χ2v) is 7.91. The first-order valence-electron chi connectivity index (χ1n) is 7.00. The zero-order valence-corrected chi connectivity index (χ0v) is 14.7. The van der Waals surface area contributed by atoms with E-state index in [1.54, 1.807) is 0 Å². The summed E-state index contributed by atoms with van der Waals surface area (Å²) in [5.74, 6) is -1.85. The molecule has 1 aromatic rings. The molecule has 23 heavy (non-hydrogen) atoms. The van der Waals surface area contributed by atoms with Gasteiger partial charge in [-0.2, -0.15) is 0 Å². The number of aryl methyl sites for hydroxylation is 1. The molecule has 1 heterocycles. The van der Waals surface area contributed by atoms with Crippen molar-refractivity contribution < 1.29 is 27.5 Å². The van der Waals surface area contributed by atoms with Crippen LogP contribution < -0.4 is 0 Å². The average molecular weight is 346 g/mol. The summed E-state index contributed by atoms with van der Waals surface area (Å²) in [4.78, 5) is 24.4. The molecule has 1 N–H and O–H groups in total. The lowest BCUT2D eigenvalue weighted by molar-refractivity contribution is -0.137. The molecule has 1 rings (SSSR count). The first-order valence-corrected chi connectivity index (χ1v) is 8.44. The van der Waals surface area contributed by atoms with Crippen LogP contribution >= 0.6 is 0 Å². The molecule has 0 aliphatic rings. The second kappa shape index (κ2) is 7.14. The molecule has 0 aliphatic heterocycles. The summed E-state index contributed by atoms with van der Waals surface area (Å²) < 4.78 is 30.6. The van der Waals surface area contributed by atoms with Gasteiger partial charge in [-0.25, -0.2) is 12.7 Å². The van der Waals surface area contributed by atoms with Crippen LogP contribution in [-0.2, 0) is 14.8 Å². The van der Waals surface area contributed by atoms with Gasteiger partial charge in [0.2, 0.25) is 10.0 Å². The van der Waals surface area contributed by atoms with Crippen molar-refractivity contribution in [1.29, 1.82) is 0 Å². The number of sulfonamides is 1. The Kier molecular flexibility index (Phi) is 5.95. The van der Waals surface area contributed by atoms with E-state index < -0.39 is 28.4 Å². The van der Waals surface area contributed by atoms with Crippen LogP contribution in [0.2, 0.25) is 0 Å². The molecule has 1 aromatic heterocycles. The monoisotopic (exact) mass is 346 g/mol. The van der Waals surface area contributed by atoms with Crippen molar-refractivity contribution in [3.05, 3.63) is 17.6 Å². The van der Waals surface area contributed by atoms with E-state index in [1.807, 2.05) is 13.8 Å². The summed E-state index contributed by atoms with van der Waals surface area (Å²) in [6.07, 6.45) is 0. The van der Waals surface area contributed by atoms with Gasteiger partial charge in [0.1, 0.15) is 17.2 Å². The third kappa shape index (κ3) is 4.55. The number of furan rings is 1. The third-order valence-corrected chi connectivity index (χ3v) is 4.96. The van der Waals surface area contributed by atoms with Gasteiger partial charge in [0, 0.05) is 26.7 Å². The lowest BCUT2D eigenvalue weighted by Crippen LogP contribution is -2.38. The number of hydrogen-bond acceptors (Lipinski definition) is 5. The van der Waals surface area contributed by atoms with Crippen LogP contribution in [0.4, 0.5) is 0 Å². The van der Waals surface area contributed by atoms with Crippen LogP contribution in [-0.4, -0.2) is 61.8 Å². The Labute approximate surface area is 135 Å². The molecule has 0 bridgehead atoms. The van der Waals surface area contributed by atoms with Gasteiger partial charge >= 0.3 is 5.97 Å². The van der Waals surface area contributed by atoms with E-state index >= 15 is 0 Å². The summed E-state index contributed by atoms with van der Waals surface area (Å²) in [6.45, 7) is 4.87. The molecule has 0 atom stereocenters. The second-order valence-electron chi connectivity index (χ2n) is 5.79. The fourth-order valence-electron chi connectivity index (χ4n) is 2.00. The minimum absolute atomic E-state index is 0.0549. The van der Waals surface area contributed by atoms with E-state index in [0.717, 1.165) is 15.3 Å². The maximum atomic E-state index is 12.4. The van der Waals surface area contributed by atoms with E-state index in [-0.39, 0.29) is 28.9 Å². The van der Waals surface area contributed by atoms with Gasteiger partial charge in [-0.3, -0.25) is 9.59 Å². The molecule has 0 unspecified atom stereocenters. The molecule has 130 valence electrons. The van der Waals surface area contributed by atoms with E-state index in [2.05, 4.69) is 0 Å². The summed E-state index contributed by atoms with van der Waals surface area (Å²) in [6, 6.07) is 1.14. The Bertz CT molecular complexity index is 690. The van der Waals surface area contributed by atoms with Gasteiger partial charge in [0.05, 0.1) is 0 Å². The molecule has 0 saturated carbocycles. The molecule has 1 amide bonds. The lowest BCUT2D eigenvalue weighted by Gasteiger charge is -2.21. The van der Waals surface area contributed by atoms with Gasteiger partial charge in [-0.1, -0.05) is 13.8 Å². The van der Waals surface area contributed by atoms with Crippen molar-refractivity contribution in [2.24, 2.45) is 5.92 Å². The lowest BCUT2D eigenvalue weighted by atomic mass is 10.2. The molecule has 0 radical (unpaired) electrons. The third-order valence-electron chi connectivity index (χ3n) is 3.04. The number of carbonyl (C=O) groups excluding carboxylic acids is 1. The standard InChI is InChI=1S/C14H22N2O6S/c1-9(2)7-16(8-13(17)18)14(19)11-6-12(10(3)22-11)23(20,21)15(4)5/h6,9H,7-8H2,1-5H3,(H,17,18). The normalized spacial score (nSPS) is 12.0. The number of hydrogen-bond donors (Lipinski definition) is 1. The Hall–Kier alpha value is -1.87. The fourth-order valence-corrected chi connectivity index (χ4v) is 3.06. The van der Waals surface area contributed by atoms with E-state index in [1.165, 1.54) is 21.0 Å². The van der Waals surface area contributed by atoms with Gasteiger partial charge in [-0.15, -0.1) is 0 Å². The van der Waals surface area contributed by atoms with Crippen LogP contribution in [0.3, 0.4) is 0 Å². The maximum Gasteiger partial charge on any atom is 0.323 e. The number of aliphatic carboxylic acids is 1. The highest BCUT2D eigenvalue weighted by molar-refractivity contribution is 7.89. The average Bonchev–Trinajstić information content (AvgIpc) is 2.78. The minimum Gasteiger partial charge on any atom is -0.480 e. The molecule has 9 heteroatoms. The Morgan fingerprint density at radius 2 is 1.87 bits per heavy atom. The van der Waals surface area contributed by atoms with Crippen molar-refractivity contribution in [2.45, 2.75) is 25.7 Å². The summed E-state index contributed by atoms with van der Waals surface area (Å²) in [5.41, 5.74) is 0. The number of carbonyl (C=O) groups is 2. The zero-order chi connectivity index (χ0) is 17.9. The number of rotatable bonds is 7. The zero-order valence-electron chi connectivity index (χ0n) is 13.9. The van der Waals surface area contributed by atoms with Crippen LogP contribution in [0, 0.1) is 12.8 Å². The largest absolute Gasteiger partial charge is 0.480 e. The molecule has 0 spiro atoms. The highest BCUT2D eigenvalue weighted by atomic mass is 32.2. The quantitative estimate of drug-likeness (QED) is 0.790. The van der Waals surface area contributed by atoms with Gasteiger partial charge in [-0.05, 0) is 12.8 Å². The molecule has 0 aromatic carbocycles. The number of nitrogens with zero attached hydrogens (tertiary/aromatic N) is 2. The van der Waals surface area contributed by atoms with Crippen LogP contribution in [0.15, 0.2) is 15.4 Å². The van der Waals surface area contributed by atoms with Crippen molar-refractivity contribution in [1.82, 2.24) is 9.21 Å². The van der Waals surface area contributed by atoms with Gasteiger partial charge in [0.25, 0.3) is 5.91 Å². The van der Waals surface area contributed by atoms with Gasteiger partial charge < -0.3 is 14.4 Å². The van der Waals surface area contributed by atoms with Crippen LogP contribution in [0.5, 0.6) is 0 Å². The Balaban J connectivity index is 3.19. The predicted octanol–water partition coefficient (Wildman–Crippen LogP) is 1.02. The summed E-state index contributed by atoms with van der Waals surface area (Å²) >= 11 is 0. The van der Waals surface area contributed by atoms with E-state index in [9.17, 15) is 18.0 Å². The number of carboxylic acid groups (broad SMARTS) is 1. The first kappa shape index (κ1) is 19.2. The first-order chi connectivity index (χ1) is 10.5. The van der Waals surface area contributed by atoms with Crippen molar-refractivity contribution in [3.8, 4) is 0 Å². The van der Waals surface area contributed by atoms with Crippen molar-refractivity contribution in [2.75, 3.05) is 27.2 Å². The topological polar surface area (TPSA) is 108 Å².